The minimum absolute atomic E-state index is 0.318. The van der Waals surface area contributed by atoms with E-state index in [2.05, 4.69) is 12.1 Å². The Kier molecular flexibility index (Phi) is 2.41. The molecule has 3 heteroatoms. The third-order valence-electron chi connectivity index (χ3n) is 5.15. The smallest absolute Gasteiger partial charge is 0.335 e. The molecule has 0 fully saturated rings. The van der Waals surface area contributed by atoms with Crippen molar-refractivity contribution in [3.05, 3.63) is 77.1 Å². The lowest BCUT2D eigenvalue weighted by Gasteiger charge is -2.17. The number of carbonyl (C=O) groups is 1. The molecule has 1 heterocycles. The molecule has 1 N–H and O–H groups in total. The van der Waals surface area contributed by atoms with Gasteiger partial charge in [0.15, 0.2) is 0 Å². The number of rotatable bonds is 2. The van der Waals surface area contributed by atoms with Gasteiger partial charge in [0.05, 0.1) is 11.8 Å². The largest absolute Gasteiger partial charge is 0.478 e. The third kappa shape index (κ3) is 1.67. The van der Waals surface area contributed by atoms with E-state index in [4.69, 9.17) is 4.42 Å². The van der Waals surface area contributed by atoms with Crippen LogP contribution in [0.4, 0.5) is 0 Å². The van der Waals surface area contributed by atoms with Crippen molar-refractivity contribution in [2.24, 2.45) is 0 Å². The van der Waals surface area contributed by atoms with Gasteiger partial charge in [0.1, 0.15) is 5.58 Å². The maximum absolute atomic E-state index is 11.2. The number of fused-ring (bicyclic) bond motifs is 6. The molecule has 2 unspecified atom stereocenters. The third-order valence-corrected chi connectivity index (χ3v) is 5.15. The first-order valence-electron chi connectivity index (χ1n) is 7.78. The van der Waals surface area contributed by atoms with Crippen LogP contribution in [0.5, 0.6) is 0 Å². The van der Waals surface area contributed by atoms with Gasteiger partial charge in [-0.1, -0.05) is 30.3 Å². The van der Waals surface area contributed by atoms with E-state index >= 15 is 0 Å². The Balaban J connectivity index is 1.63. The molecule has 3 aromatic rings. The van der Waals surface area contributed by atoms with Crippen molar-refractivity contribution < 1.29 is 14.3 Å². The molecule has 3 nitrogen and oxygen atoms in total. The standard InChI is InChI=1S/C20H14O3/c21-20(22)11-5-6-13-15(7-11)12-8-16(13)17(9-12)18-10-23-19-4-2-1-3-14(18)19/h1-7,9-10,12,16H,8H2,(H,21,22). The predicted molar refractivity (Wildman–Crippen MR) is 87.7 cm³/mol. The molecule has 5 rings (SSSR count). The average molecular weight is 302 g/mol. The highest BCUT2D eigenvalue weighted by Crippen LogP contribution is 2.56. The molecule has 0 saturated heterocycles. The van der Waals surface area contributed by atoms with Gasteiger partial charge in [0.2, 0.25) is 0 Å². The summed E-state index contributed by atoms with van der Waals surface area (Å²) in [7, 11) is 0. The Labute approximate surface area is 132 Å². The molecule has 112 valence electrons. The molecular formula is C20H14O3. The maximum atomic E-state index is 11.2. The van der Waals surface area contributed by atoms with Crippen LogP contribution in [0, 0.1) is 0 Å². The summed E-state index contributed by atoms with van der Waals surface area (Å²) in [5.41, 5.74) is 6.21. The molecule has 2 aliphatic rings. The van der Waals surface area contributed by atoms with E-state index in [0.717, 1.165) is 17.4 Å². The van der Waals surface area contributed by atoms with Gasteiger partial charge in [0, 0.05) is 22.8 Å². The highest BCUT2D eigenvalue weighted by atomic mass is 16.4. The second-order valence-electron chi connectivity index (χ2n) is 6.31. The number of allylic oxidation sites excluding steroid dienone is 2. The maximum Gasteiger partial charge on any atom is 0.335 e. The minimum atomic E-state index is -0.861. The SMILES string of the molecule is O=C(O)c1ccc2c(c1)C1C=C(c3coc4ccccc34)C2C1. The summed E-state index contributed by atoms with van der Waals surface area (Å²) in [6, 6.07) is 13.6. The van der Waals surface area contributed by atoms with Crippen LogP contribution in [0.15, 0.2) is 59.2 Å². The van der Waals surface area contributed by atoms with Crippen molar-refractivity contribution in [1.82, 2.24) is 0 Å². The number of carboxylic acids is 1. The lowest BCUT2D eigenvalue weighted by atomic mass is 9.86. The number of carboxylic acid groups (broad SMARTS) is 1. The van der Waals surface area contributed by atoms with Crippen molar-refractivity contribution in [3.63, 3.8) is 0 Å². The van der Waals surface area contributed by atoms with E-state index in [1.54, 1.807) is 6.07 Å². The summed E-state index contributed by atoms with van der Waals surface area (Å²) >= 11 is 0. The summed E-state index contributed by atoms with van der Waals surface area (Å²) in [4.78, 5) is 11.2. The van der Waals surface area contributed by atoms with Gasteiger partial charge in [-0.25, -0.2) is 4.79 Å². The molecule has 0 radical (unpaired) electrons. The highest BCUT2D eigenvalue weighted by molar-refractivity contribution is 5.95. The molecule has 2 aliphatic carbocycles. The summed E-state index contributed by atoms with van der Waals surface area (Å²) in [6.07, 6.45) is 5.17. The zero-order valence-electron chi connectivity index (χ0n) is 12.3. The van der Waals surface area contributed by atoms with Crippen molar-refractivity contribution >= 4 is 22.5 Å². The van der Waals surface area contributed by atoms with Crippen LogP contribution in [0.1, 0.15) is 45.3 Å². The summed E-state index contributed by atoms with van der Waals surface area (Å²) in [5, 5.41) is 10.3. The first kappa shape index (κ1) is 12.7. The second kappa shape index (κ2) is 4.35. The first-order valence-corrected chi connectivity index (χ1v) is 7.78. The summed E-state index contributed by atoms with van der Waals surface area (Å²) in [6.45, 7) is 0. The number of hydrogen-bond donors (Lipinski definition) is 1. The first-order chi connectivity index (χ1) is 11.2. The van der Waals surface area contributed by atoms with Crippen LogP contribution >= 0.6 is 0 Å². The molecule has 2 atom stereocenters. The molecule has 0 spiro atoms. The van der Waals surface area contributed by atoms with Crippen LogP contribution in [0.3, 0.4) is 0 Å². The monoisotopic (exact) mass is 302 g/mol. The molecule has 0 saturated carbocycles. The van der Waals surface area contributed by atoms with Crippen LogP contribution in [0.25, 0.3) is 16.5 Å². The number of aromatic carboxylic acids is 1. The highest BCUT2D eigenvalue weighted by Gasteiger charge is 2.39. The molecule has 0 aliphatic heterocycles. The Bertz CT molecular complexity index is 993. The fourth-order valence-corrected chi connectivity index (χ4v) is 4.12. The fourth-order valence-electron chi connectivity index (χ4n) is 4.12. The van der Waals surface area contributed by atoms with Crippen molar-refractivity contribution in [2.45, 2.75) is 18.3 Å². The van der Waals surface area contributed by atoms with Gasteiger partial charge < -0.3 is 9.52 Å². The zero-order chi connectivity index (χ0) is 15.6. The molecular weight excluding hydrogens is 288 g/mol. The second-order valence-corrected chi connectivity index (χ2v) is 6.31. The lowest BCUT2D eigenvalue weighted by molar-refractivity contribution is 0.0697. The fraction of sp³-hybridized carbons (Fsp3) is 0.150. The Hall–Kier alpha value is -2.81. The van der Waals surface area contributed by atoms with Gasteiger partial charge in [-0.2, -0.15) is 0 Å². The van der Waals surface area contributed by atoms with Crippen LogP contribution < -0.4 is 0 Å². The van der Waals surface area contributed by atoms with E-state index < -0.39 is 5.97 Å². The Morgan fingerprint density at radius 1 is 1.13 bits per heavy atom. The quantitative estimate of drug-likeness (QED) is 0.739. The van der Waals surface area contributed by atoms with Gasteiger partial charge >= 0.3 is 5.97 Å². The van der Waals surface area contributed by atoms with Gasteiger partial charge in [-0.3, -0.25) is 0 Å². The van der Waals surface area contributed by atoms with Crippen LogP contribution in [-0.2, 0) is 0 Å². The van der Waals surface area contributed by atoms with E-state index in [1.165, 1.54) is 22.3 Å². The van der Waals surface area contributed by atoms with E-state index in [1.807, 2.05) is 36.6 Å². The Morgan fingerprint density at radius 3 is 2.87 bits per heavy atom. The van der Waals surface area contributed by atoms with Crippen molar-refractivity contribution in [2.75, 3.05) is 0 Å². The molecule has 1 aromatic heterocycles. The topological polar surface area (TPSA) is 50.4 Å². The van der Waals surface area contributed by atoms with Gasteiger partial charge in [0.25, 0.3) is 0 Å². The zero-order valence-corrected chi connectivity index (χ0v) is 12.3. The van der Waals surface area contributed by atoms with Crippen molar-refractivity contribution in [3.8, 4) is 0 Å². The number of hydrogen-bond acceptors (Lipinski definition) is 2. The average Bonchev–Trinajstić information content (AvgIpc) is 3.26. The molecule has 2 aromatic carbocycles. The minimum Gasteiger partial charge on any atom is -0.478 e. The van der Waals surface area contributed by atoms with E-state index in [9.17, 15) is 9.90 Å². The number of furan rings is 1. The predicted octanol–water partition coefficient (Wildman–Crippen LogP) is 4.80. The van der Waals surface area contributed by atoms with Gasteiger partial charge in [-0.05, 0) is 41.3 Å². The summed E-state index contributed by atoms with van der Waals surface area (Å²) < 4.78 is 5.69. The van der Waals surface area contributed by atoms with Gasteiger partial charge in [-0.15, -0.1) is 0 Å². The van der Waals surface area contributed by atoms with Crippen molar-refractivity contribution in [1.29, 1.82) is 0 Å². The van der Waals surface area contributed by atoms with E-state index in [0.29, 0.717) is 17.4 Å². The lowest BCUT2D eigenvalue weighted by Crippen LogP contribution is -2.02. The Morgan fingerprint density at radius 2 is 2.00 bits per heavy atom. The molecule has 0 amide bonds. The normalized spacial score (nSPS) is 21.5. The van der Waals surface area contributed by atoms with Crippen LogP contribution in [0.2, 0.25) is 0 Å². The number of benzene rings is 2. The van der Waals surface area contributed by atoms with Crippen LogP contribution in [-0.4, -0.2) is 11.1 Å². The van der Waals surface area contributed by atoms with E-state index in [-0.39, 0.29) is 0 Å². The number of para-hydroxylation sites is 1. The molecule has 2 bridgehead atoms. The molecule has 23 heavy (non-hydrogen) atoms. The summed E-state index contributed by atoms with van der Waals surface area (Å²) in [5.74, 6) is -0.197.